The third kappa shape index (κ3) is 4.29. The zero-order chi connectivity index (χ0) is 8.43. The lowest BCUT2D eigenvalue weighted by Gasteiger charge is -1.93. The zero-order valence-electron chi connectivity index (χ0n) is 6.48. The molecule has 0 aliphatic rings. The predicted octanol–water partition coefficient (Wildman–Crippen LogP) is 3.36. The summed E-state index contributed by atoms with van der Waals surface area (Å²) in [7, 11) is 0. The van der Waals surface area contributed by atoms with Crippen LogP contribution in [0.1, 0.15) is 0 Å². The van der Waals surface area contributed by atoms with Crippen molar-refractivity contribution in [1.82, 2.24) is 0 Å². The SMILES string of the molecule is F.F.F.O=[N+]([O-])c1ccc(Cl)cc1Cl. The summed E-state index contributed by atoms with van der Waals surface area (Å²) < 4.78 is 0. The second-order valence-corrected chi connectivity index (χ2v) is 2.70. The molecule has 0 radical (unpaired) electrons. The van der Waals surface area contributed by atoms with E-state index in [1.807, 2.05) is 0 Å². The normalized spacial score (nSPS) is 7.57. The van der Waals surface area contributed by atoms with Gasteiger partial charge in [0.25, 0.3) is 5.69 Å². The van der Waals surface area contributed by atoms with Crippen LogP contribution in [0.3, 0.4) is 0 Å². The van der Waals surface area contributed by atoms with Crippen LogP contribution in [0.25, 0.3) is 0 Å². The van der Waals surface area contributed by atoms with E-state index >= 15 is 0 Å². The highest BCUT2D eigenvalue weighted by Crippen LogP contribution is 2.26. The fourth-order valence-corrected chi connectivity index (χ4v) is 1.11. The molecule has 8 heteroatoms. The average Bonchev–Trinajstić information content (AvgIpc) is 1.85. The molecule has 0 saturated carbocycles. The zero-order valence-corrected chi connectivity index (χ0v) is 7.99. The number of hydrogen-bond donors (Lipinski definition) is 0. The summed E-state index contributed by atoms with van der Waals surface area (Å²) in [5, 5.41) is 10.7. The van der Waals surface area contributed by atoms with E-state index < -0.39 is 4.92 Å². The standard InChI is InChI=1S/C6H3Cl2NO2.3FH/c7-4-1-2-6(9(10)11)5(8)3-4;;;/h1-3H;3*1H. The van der Waals surface area contributed by atoms with Gasteiger partial charge in [-0.25, -0.2) is 0 Å². The fraction of sp³-hybridized carbons (Fsp3) is 0. The largest absolute Gasteiger partial charge is 0.287 e. The molecule has 0 spiro atoms. The van der Waals surface area contributed by atoms with Gasteiger partial charge in [-0.3, -0.25) is 24.2 Å². The van der Waals surface area contributed by atoms with Gasteiger partial charge in [0.2, 0.25) is 0 Å². The third-order valence-corrected chi connectivity index (χ3v) is 1.64. The minimum atomic E-state index is -0.557. The second kappa shape index (κ2) is 7.40. The van der Waals surface area contributed by atoms with Crippen LogP contribution in [-0.2, 0) is 0 Å². The summed E-state index contributed by atoms with van der Waals surface area (Å²) in [6, 6.07) is 4.03. The van der Waals surface area contributed by atoms with Crippen molar-refractivity contribution in [3.63, 3.8) is 0 Å². The average molecular weight is 252 g/mol. The molecule has 0 N–H and O–H groups in total. The lowest BCUT2D eigenvalue weighted by atomic mass is 10.3. The van der Waals surface area contributed by atoms with Crippen molar-refractivity contribution in [3.8, 4) is 0 Å². The molecule has 0 aliphatic carbocycles. The Morgan fingerprint density at radius 1 is 1.14 bits per heavy atom. The third-order valence-electron chi connectivity index (χ3n) is 1.11. The number of rotatable bonds is 1. The Hall–Kier alpha value is -1.01. The van der Waals surface area contributed by atoms with Crippen molar-refractivity contribution in [1.29, 1.82) is 0 Å². The molecule has 1 rings (SSSR count). The minimum absolute atomic E-state index is 0. The molecular weight excluding hydrogens is 246 g/mol. The number of hydrogen-bond acceptors (Lipinski definition) is 2. The Kier molecular flexibility index (Phi) is 9.89. The molecule has 0 fully saturated rings. The van der Waals surface area contributed by atoms with Gasteiger partial charge in [-0.2, -0.15) is 0 Å². The molecule has 0 unspecified atom stereocenters. The van der Waals surface area contributed by atoms with Gasteiger partial charge in [0, 0.05) is 11.1 Å². The van der Waals surface area contributed by atoms with Crippen molar-refractivity contribution >= 4 is 28.9 Å². The summed E-state index contributed by atoms with van der Waals surface area (Å²) in [5.41, 5.74) is -0.129. The highest BCUT2D eigenvalue weighted by atomic mass is 35.5. The van der Waals surface area contributed by atoms with Gasteiger partial charge in [0.05, 0.1) is 4.92 Å². The Balaban J connectivity index is -0.000000403. The van der Waals surface area contributed by atoms with E-state index in [2.05, 4.69) is 0 Å². The van der Waals surface area contributed by atoms with E-state index in [9.17, 15) is 10.1 Å². The number of nitrogens with zero attached hydrogens (tertiary/aromatic N) is 1. The first-order chi connectivity index (χ1) is 5.11. The van der Waals surface area contributed by atoms with Gasteiger partial charge in [-0.15, -0.1) is 0 Å². The molecule has 0 amide bonds. The molecule has 0 bridgehead atoms. The number of halogens is 5. The molecule has 0 aromatic heterocycles. The molecule has 3 nitrogen and oxygen atoms in total. The summed E-state index contributed by atoms with van der Waals surface area (Å²) in [6.45, 7) is 0. The van der Waals surface area contributed by atoms with Crippen molar-refractivity contribution in [2.24, 2.45) is 0 Å². The number of nitro groups is 1. The molecule has 1 aromatic carbocycles. The van der Waals surface area contributed by atoms with Crippen LogP contribution in [0.2, 0.25) is 10.0 Å². The number of benzene rings is 1. The summed E-state index contributed by atoms with van der Waals surface area (Å²) >= 11 is 11.0. The Morgan fingerprint density at radius 2 is 1.64 bits per heavy atom. The molecule has 14 heavy (non-hydrogen) atoms. The maximum absolute atomic E-state index is 10.2. The van der Waals surface area contributed by atoms with E-state index in [-0.39, 0.29) is 24.8 Å². The van der Waals surface area contributed by atoms with Gasteiger partial charge in [-0.1, -0.05) is 23.2 Å². The predicted molar refractivity (Wildman–Crippen MR) is 50.6 cm³/mol. The van der Waals surface area contributed by atoms with E-state index in [4.69, 9.17) is 23.2 Å². The van der Waals surface area contributed by atoms with Crippen LogP contribution in [0.5, 0.6) is 0 Å². The van der Waals surface area contributed by atoms with E-state index in [1.54, 1.807) is 0 Å². The van der Waals surface area contributed by atoms with Crippen LogP contribution < -0.4 is 0 Å². The van der Waals surface area contributed by atoms with Crippen LogP contribution in [-0.4, -0.2) is 4.92 Å². The van der Waals surface area contributed by atoms with Gasteiger partial charge < -0.3 is 0 Å². The smallest absolute Gasteiger partial charge is 0.269 e. The topological polar surface area (TPSA) is 43.1 Å². The molecule has 1 aromatic rings. The monoisotopic (exact) mass is 251 g/mol. The summed E-state index contributed by atoms with van der Waals surface area (Å²) in [4.78, 5) is 9.65. The summed E-state index contributed by atoms with van der Waals surface area (Å²) in [6.07, 6.45) is 0. The van der Waals surface area contributed by atoms with E-state index in [0.29, 0.717) is 5.02 Å². The van der Waals surface area contributed by atoms with Gasteiger partial charge in [0.15, 0.2) is 0 Å². The minimum Gasteiger partial charge on any atom is -0.269 e. The molecule has 82 valence electrons. The van der Waals surface area contributed by atoms with Crippen molar-refractivity contribution in [3.05, 3.63) is 38.4 Å². The van der Waals surface area contributed by atoms with Crippen molar-refractivity contribution in [2.45, 2.75) is 0 Å². The lowest BCUT2D eigenvalue weighted by molar-refractivity contribution is -0.384. The molecule has 0 atom stereocenters. The molecular formula is C6H6Cl2F3NO2. The Labute approximate surface area is 86.9 Å². The van der Waals surface area contributed by atoms with Crippen LogP contribution in [0, 0.1) is 10.1 Å². The van der Waals surface area contributed by atoms with Gasteiger partial charge in [0.1, 0.15) is 5.02 Å². The lowest BCUT2D eigenvalue weighted by Crippen LogP contribution is -1.87. The molecule has 0 aliphatic heterocycles. The van der Waals surface area contributed by atoms with E-state index in [1.165, 1.54) is 18.2 Å². The van der Waals surface area contributed by atoms with Crippen LogP contribution in [0.4, 0.5) is 19.8 Å². The highest BCUT2D eigenvalue weighted by molar-refractivity contribution is 6.35. The fourth-order valence-electron chi connectivity index (χ4n) is 0.629. The second-order valence-electron chi connectivity index (χ2n) is 1.85. The van der Waals surface area contributed by atoms with Crippen molar-refractivity contribution < 1.29 is 19.0 Å². The van der Waals surface area contributed by atoms with Gasteiger partial charge >= 0.3 is 0 Å². The maximum atomic E-state index is 10.2. The number of nitro benzene ring substituents is 1. The quantitative estimate of drug-likeness (QED) is 0.568. The van der Waals surface area contributed by atoms with Crippen LogP contribution in [0.15, 0.2) is 18.2 Å². The molecule has 0 heterocycles. The van der Waals surface area contributed by atoms with Crippen molar-refractivity contribution in [2.75, 3.05) is 0 Å². The molecule has 0 saturated heterocycles. The highest BCUT2D eigenvalue weighted by Gasteiger charge is 2.10. The first kappa shape index (κ1) is 18.7. The first-order valence-electron chi connectivity index (χ1n) is 2.70. The van der Waals surface area contributed by atoms with Crippen LogP contribution >= 0.6 is 23.2 Å². The van der Waals surface area contributed by atoms with E-state index in [0.717, 1.165) is 0 Å². The first-order valence-corrected chi connectivity index (χ1v) is 3.46. The Bertz CT molecular complexity index is 311. The maximum Gasteiger partial charge on any atom is 0.287 e. The summed E-state index contributed by atoms with van der Waals surface area (Å²) in [5.74, 6) is 0. The Morgan fingerprint density at radius 3 is 2.00 bits per heavy atom. The van der Waals surface area contributed by atoms with Gasteiger partial charge in [-0.05, 0) is 12.1 Å².